The van der Waals surface area contributed by atoms with Gasteiger partial charge in [0.2, 0.25) is 0 Å². The van der Waals surface area contributed by atoms with Gasteiger partial charge in [0.15, 0.2) is 0 Å². The minimum Gasteiger partial charge on any atom is -1.00 e. The Hall–Kier alpha value is 0.160. The highest BCUT2D eigenvalue weighted by Crippen LogP contribution is 2.26. The summed E-state index contributed by atoms with van der Waals surface area (Å²) in [6.45, 7) is 20.3. The molecular weight excluding hydrogens is 1070 g/mol. The Morgan fingerprint density at radius 3 is 0.690 bits per heavy atom. The summed E-state index contributed by atoms with van der Waals surface area (Å²) < 4.78 is 2.13. The van der Waals surface area contributed by atoms with Crippen LogP contribution in [0, 0.1) is 0 Å². The van der Waals surface area contributed by atoms with Gasteiger partial charge in [0.05, 0.1) is 52.0 Å². The Bertz CT molecular complexity index is 1170. The lowest BCUT2D eigenvalue weighted by molar-refractivity contribution is -0.953. The first kappa shape index (κ1) is 90.6. The van der Waals surface area contributed by atoms with E-state index in [9.17, 15) is 10.2 Å². The van der Waals surface area contributed by atoms with Crippen LogP contribution in [0.5, 0.6) is 0 Å². The summed E-state index contributed by atoms with van der Waals surface area (Å²) in [6, 6.07) is 1.98. The molecule has 84 heavy (non-hydrogen) atoms. The average Bonchev–Trinajstić information content (AvgIpc) is 3.54. The molecule has 4 atom stereocenters. The molecule has 0 saturated carbocycles. The van der Waals surface area contributed by atoms with E-state index in [2.05, 4.69) is 74.7 Å². The van der Waals surface area contributed by atoms with Crippen LogP contribution in [0.2, 0.25) is 0 Å². The van der Waals surface area contributed by atoms with Gasteiger partial charge in [-0.25, -0.2) is 0 Å². The van der Waals surface area contributed by atoms with Crippen molar-refractivity contribution in [3.63, 3.8) is 0 Å². The Labute approximate surface area is 545 Å². The van der Waals surface area contributed by atoms with Crippen molar-refractivity contribution in [2.45, 2.75) is 445 Å². The monoisotopic (exact) mass is 1230 g/mol. The van der Waals surface area contributed by atoms with Gasteiger partial charge in [0.25, 0.3) is 0 Å². The number of halogens is 2. The maximum Gasteiger partial charge on any atom is 0.102 e. The van der Waals surface area contributed by atoms with Gasteiger partial charge < -0.3 is 44.0 Å². The predicted molar refractivity (Wildman–Crippen MR) is 374 cm³/mol. The second kappa shape index (κ2) is 73.9. The van der Waals surface area contributed by atoms with E-state index in [-0.39, 0.29) is 24.8 Å². The summed E-state index contributed by atoms with van der Waals surface area (Å²) in [5, 5.41) is 19.6. The summed E-state index contributed by atoms with van der Waals surface area (Å²) in [5.74, 6) is 0. The molecule has 0 aromatic heterocycles. The van der Waals surface area contributed by atoms with Crippen LogP contribution in [0.3, 0.4) is 0 Å². The molecule has 4 unspecified atom stereocenters. The number of aliphatic hydroxyl groups is 2. The van der Waals surface area contributed by atoms with Crippen LogP contribution in [0.25, 0.3) is 0 Å². The maximum absolute atomic E-state index is 9.87. The first-order chi connectivity index (χ1) is 40.1. The van der Waals surface area contributed by atoms with E-state index in [1.807, 2.05) is 0 Å². The zero-order chi connectivity index (χ0) is 60.4. The molecule has 0 aliphatic heterocycles. The third kappa shape index (κ3) is 62.4. The summed E-state index contributed by atoms with van der Waals surface area (Å²) >= 11 is 0. The molecule has 0 bridgehead atoms. The molecule has 0 spiro atoms. The molecule has 6 heteroatoms. The van der Waals surface area contributed by atoms with E-state index in [0.29, 0.717) is 31.3 Å². The Morgan fingerprint density at radius 2 is 0.452 bits per heavy atom. The van der Waals surface area contributed by atoms with Crippen molar-refractivity contribution in [1.82, 2.24) is 0 Å². The lowest BCUT2D eigenvalue weighted by Crippen LogP contribution is -3.00. The van der Waals surface area contributed by atoms with Crippen LogP contribution in [-0.4, -0.2) is 84.2 Å². The first-order valence-corrected chi connectivity index (χ1v) is 38.7. The molecule has 0 aromatic rings. The van der Waals surface area contributed by atoms with Crippen molar-refractivity contribution < 1.29 is 44.0 Å². The number of allylic oxidation sites excluding steroid dienone is 2. The van der Waals surface area contributed by atoms with Crippen LogP contribution in [0.1, 0.15) is 427 Å². The molecular formula is C78H162Cl2N2O2. The van der Waals surface area contributed by atoms with Crippen molar-refractivity contribution in [2.24, 2.45) is 0 Å². The van der Waals surface area contributed by atoms with E-state index in [1.54, 1.807) is 0 Å². The van der Waals surface area contributed by atoms with Gasteiger partial charge in [-0.05, 0) is 97.8 Å². The van der Waals surface area contributed by atoms with E-state index in [0.717, 1.165) is 22.1 Å². The molecule has 2 N–H and O–H groups in total. The van der Waals surface area contributed by atoms with Crippen molar-refractivity contribution in [3.8, 4) is 0 Å². The highest BCUT2D eigenvalue weighted by Gasteiger charge is 2.34. The second-order valence-electron chi connectivity index (χ2n) is 28.1. The lowest BCUT2D eigenvalue weighted by atomic mass is 9.98. The molecule has 0 aliphatic carbocycles. The molecule has 0 fully saturated rings. The Kier molecular flexibility index (Phi) is 79.7. The number of unbranched alkanes of at least 4 members (excludes halogenated alkanes) is 51. The van der Waals surface area contributed by atoms with Crippen molar-refractivity contribution in [2.75, 3.05) is 46.9 Å². The topological polar surface area (TPSA) is 40.5 Å². The number of likely N-dealkylation sites (N-methyl/N-ethyl adjacent to an activating group) is 2. The first-order valence-electron chi connectivity index (χ1n) is 38.7. The lowest BCUT2D eigenvalue weighted by Gasteiger charge is -2.45. The van der Waals surface area contributed by atoms with Crippen molar-refractivity contribution in [1.29, 1.82) is 0 Å². The van der Waals surface area contributed by atoms with Gasteiger partial charge in [-0.3, -0.25) is 0 Å². The van der Waals surface area contributed by atoms with E-state index >= 15 is 0 Å². The van der Waals surface area contributed by atoms with Crippen LogP contribution in [-0.2, 0) is 0 Å². The predicted octanol–water partition coefficient (Wildman–Crippen LogP) is 19.7. The number of hydrogen-bond acceptors (Lipinski definition) is 2. The largest absolute Gasteiger partial charge is 1.00 e. The van der Waals surface area contributed by atoms with Crippen LogP contribution < -0.4 is 24.8 Å². The van der Waals surface area contributed by atoms with Crippen LogP contribution >= 0.6 is 0 Å². The molecule has 0 radical (unpaired) electrons. The van der Waals surface area contributed by atoms with Crippen molar-refractivity contribution in [3.05, 3.63) is 12.2 Å². The molecule has 0 aliphatic rings. The molecule has 0 rings (SSSR count). The van der Waals surface area contributed by atoms with E-state index in [1.165, 1.54) is 385 Å². The highest BCUT2D eigenvalue weighted by molar-refractivity contribution is 4.81. The van der Waals surface area contributed by atoms with Crippen LogP contribution in [0.4, 0.5) is 0 Å². The molecule has 0 aromatic carbocycles. The number of hydrogen-bond donors (Lipinski definition) is 2. The van der Waals surface area contributed by atoms with Gasteiger partial charge in [-0.2, -0.15) is 0 Å². The van der Waals surface area contributed by atoms with Gasteiger partial charge in [-0.15, -0.1) is 0 Å². The maximum atomic E-state index is 9.87. The minimum atomic E-state index is 0. The van der Waals surface area contributed by atoms with Gasteiger partial charge in [-0.1, -0.05) is 342 Å². The summed E-state index contributed by atoms with van der Waals surface area (Å²) in [4.78, 5) is 0. The smallest absolute Gasteiger partial charge is 0.102 e. The van der Waals surface area contributed by atoms with E-state index in [4.69, 9.17) is 0 Å². The highest BCUT2D eigenvalue weighted by atomic mass is 35.5. The van der Waals surface area contributed by atoms with Crippen LogP contribution in [0.15, 0.2) is 12.2 Å². The molecule has 0 saturated heterocycles. The second-order valence-corrected chi connectivity index (χ2v) is 28.1. The standard InChI is InChI=1S/C39H82NO.C39H80NO.2ClH/c1-6-8-10-12-14-16-18-20-22-24-26-28-30-32-34-38(3)40(5,36-37-41)39(4)35-33-31-29-27-25-23-21-19-17-15-13-11-9-7-2;1-5-7-9-11-13-15-17-19-21-22-24-26-28-30-32-34-36-40(4,37-38-41)39(3)35-33-31-29-27-25-23-20-18-16-14-12-10-8-6-2;;/h38-39,41H,6-37H2,1-5H3;19,21,39,41H,5-18,20,22-38H2,1-4H3;2*1H/q2*+1;;/p-2/b;21-19-;;. The molecule has 510 valence electrons. The quantitative estimate of drug-likeness (QED) is 0.0362. The number of nitrogens with zero attached hydrogens (tertiary/aromatic N) is 2. The minimum absolute atomic E-state index is 0. The zero-order valence-corrected chi connectivity index (χ0v) is 61.2. The Balaban J connectivity index is -0.000000744. The fourth-order valence-electron chi connectivity index (χ4n) is 13.4. The molecule has 4 nitrogen and oxygen atoms in total. The zero-order valence-electron chi connectivity index (χ0n) is 59.7. The number of aliphatic hydroxyl groups excluding tert-OH is 2. The molecule has 0 heterocycles. The van der Waals surface area contributed by atoms with Gasteiger partial charge in [0, 0.05) is 0 Å². The van der Waals surface area contributed by atoms with Gasteiger partial charge in [0.1, 0.15) is 13.1 Å². The summed E-state index contributed by atoms with van der Waals surface area (Å²) in [7, 11) is 4.83. The molecule has 0 amide bonds. The third-order valence-electron chi connectivity index (χ3n) is 20.4. The summed E-state index contributed by atoms with van der Waals surface area (Å²) in [6.07, 6.45) is 88.1. The number of rotatable bonds is 68. The van der Waals surface area contributed by atoms with Crippen molar-refractivity contribution >= 4 is 0 Å². The van der Waals surface area contributed by atoms with Gasteiger partial charge >= 0.3 is 0 Å². The Morgan fingerprint density at radius 1 is 0.250 bits per heavy atom. The number of quaternary nitrogens is 2. The third-order valence-corrected chi connectivity index (χ3v) is 20.4. The van der Waals surface area contributed by atoms with E-state index < -0.39 is 0 Å². The SMILES string of the molecule is CCCCCCCC/C=C\CCCCCCCC[N+](C)(CCO)C(C)CCCCCCCCCCCCCCCC.CCCCCCCCCCCCCCCCC(C)[N+](C)(CCO)C(C)CCCCCCCCCCCCCCCC.[Cl-].[Cl-]. The fraction of sp³-hybridized carbons (Fsp3) is 0.974. The average molecular weight is 1230 g/mol. The summed E-state index contributed by atoms with van der Waals surface area (Å²) in [5.41, 5.74) is 0. The fourth-order valence-corrected chi connectivity index (χ4v) is 13.4. The normalized spacial score (nSPS) is 14.1.